The molecule has 24 heavy (non-hydrogen) atoms. The molecule has 1 aromatic carbocycles. The molecule has 5 nitrogen and oxygen atoms in total. The molecule has 0 spiro atoms. The maximum Gasteiger partial charge on any atom is 0.229 e. The van der Waals surface area contributed by atoms with E-state index in [1.165, 1.54) is 17.7 Å². The summed E-state index contributed by atoms with van der Waals surface area (Å²) in [5.41, 5.74) is 3.63. The lowest BCUT2D eigenvalue weighted by Gasteiger charge is -2.29. The molecule has 4 rings (SSSR count). The van der Waals surface area contributed by atoms with Gasteiger partial charge in [-0.1, -0.05) is 0 Å². The van der Waals surface area contributed by atoms with E-state index in [0.717, 1.165) is 64.4 Å². The zero-order valence-electron chi connectivity index (χ0n) is 14.2. The highest BCUT2D eigenvalue weighted by molar-refractivity contribution is 5.96. The lowest BCUT2D eigenvalue weighted by atomic mass is 10.1. The summed E-state index contributed by atoms with van der Waals surface area (Å²) in [5.74, 6) is 0.208. The van der Waals surface area contributed by atoms with Crippen molar-refractivity contribution in [1.29, 1.82) is 0 Å². The van der Waals surface area contributed by atoms with Crippen molar-refractivity contribution in [3.8, 4) is 0 Å². The van der Waals surface area contributed by atoms with Gasteiger partial charge in [0.2, 0.25) is 5.91 Å². The van der Waals surface area contributed by atoms with E-state index in [9.17, 15) is 4.79 Å². The van der Waals surface area contributed by atoms with Gasteiger partial charge in [0.05, 0.1) is 25.7 Å². The first-order chi connectivity index (χ1) is 11.8. The number of benzene rings is 1. The Hall–Kier alpha value is -1.59. The highest BCUT2D eigenvalue weighted by Gasteiger charge is 2.28. The summed E-state index contributed by atoms with van der Waals surface area (Å²) in [6, 6.07) is 6.52. The second kappa shape index (κ2) is 7.11. The predicted molar refractivity (Wildman–Crippen MR) is 93.7 cm³/mol. The van der Waals surface area contributed by atoms with Crippen LogP contribution in [0.5, 0.6) is 0 Å². The van der Waals surface area contributed by atoms with E-state index in [1.54, 1.807) is 0 Å². The van der Waals surface area contributed by atoms with E-state index in [4.69, 9.17) is 9.47 Å². The van der Waals surface area contributed by atoms with Gasteiger partial charge in [-0.05, 0) is 49.4 Å². The molecular formula is C19H26N2O3. The van der Waals surface area contributed by atoms with Crippen molar-refractivity contribution in [1.82, 2.24) is 0 Å². The van der Waals surface area contributed by atoms with Crippen LogP contribution in [0.25, 0.3) is 0 Å². The van der Waals surface area contributed by atoms with Crippen LogP contribution in [-0.2, 0) is 20.7 Å². The fourth-order valence-electron chi connectivity index (χ4n) is 3.94. The summed E-state index contributed by atoms with van der Waals surface area (Å²) >= 11 is 0. The van der Waals surface area contributed by atoms with Crippen LogP contribution in [0.3, 0.4) is 0 Å². The van der Waals surface area contributed by atoms with Crippen LogP contribution in [0.2, 0.25) is 0 Å². The summed E-state index contributed by atoms with van der Waals surface area (Å²) in [4.78, 5) is 17.0. The van der Waals surface area contributed by atoms with Crippen molar-refractivity contribution >= 4 is 17.3 Å². The topological polar surface area (TPSA) is 42.0 Å². The average molecular weight is 330 g/mol. The number of carbonyl (C=O) groups is 1. The van der Waals surface area contributed by atoms with Crippen molar-refractivity contribution in [3.63, 3.8) is 0 Å². The monoisotopic (exact) mass is 330 g/mol. The average Bonchev–Trinajstić information content (AvgIpc) is 3.06. The molecule has 0 aromatic heterocycles. The number of ether oxygens (including phenoxy) is 2. The lowest BCUT2D eigenvalue weighted by Crippen LogP contribution is -2.36. The van der Waals surface area contributed by atoms with Crippen molar-refractivity contribution in [2.75, 3.05) is 49.3 Å². The third kappa shape index (κ3) is 3.28. The molecule has 130 valence electrons. The van der Waals surface area contributed by atoms with Crippen molar-refractivity contribution in [3.05, 3.63) is 23.8 Å². The lowest BCUT2D eigenvalue weighted by molar-refractivity contribution is -0.122. The molecule has 2 fully saturated rings. The first-order valence-corrected chi connectivity index (χ1v) is 9.19. The second-order valence-corrected chi connectivity index (χ2v) is 6.90. The first-order valence-electron chi connectivity index (χ1n) is 9.19. The quantitative estimate of drug-likeness (QED) is 0.853. The minimum Gasteiger partial charge on any atom is -0.378 e. The van der Waals surface area contributed by atoms with E-state index in [2.05, 4.69) is 23.1 Å². The summed E-state index contributed by atoms with van der Waals surface area (Å²) < 4.78 is 11.2. The van der Waals surface area contributed by atoms with Crippen LogP contribution in [-0.4, -0.2) is 51.5 Å². The van der Waals surface area contributed by atoms with Gasteiger partial charge >= 0.3 is 0 Å². The summed E-state index contributed by atoms with van der Waals surface area (Å²) in [5, 5.41) is 0. The Morgan fingerprint density at radius 1 is 1.12 bits per heavy atom. The SMILES string of the molecule is O=C(CC1CCCCO1)N1CCc2cc(N3CCOCC3)ccc21. The predicted octanol–water partition coefficient (Wildman–Crippen LogP) is 2.37. The molecule has 0 saturated carbocycles. The molecule has 3 aliphatic rings. The molecule has 1 aromatic rings. The zero-order valence-corrected chi connectivity index (χ0v) is 14.2. The minimum atomic E-state index is 0.114. The third-order valence-electron chi connectivity index (χ3n) is 5.31. The normalized spacial score (nSPS) is 24.1. The molecule has 0 aliphatic carbocycles. The molecule has 3 aliphatic heterocycles. The van der Waals surface area contributed by atoms with Crippen LogP contribution in [0.1, 0.15) is 31.2 Å². The number of hydrogen-bond acceptors (Lipinski definition) is 4. The van der Waals surface area contributed by atoms with Gasteiger partial charge in [0.25, 0.3) is 0 Å². The summed E-state index contributed by atoms with van der Waals surface area (Å²) in [6.45, 7) is 5.08. The smallest absolute Gasteiger partial charge is 0.229 e. The number of hydrogen-bond donors (Lipinski definition) is 0. The van der Waals surface area contributed by atoms with Gasteiger partial charge in [-0.15, -0.1) is 0 Å². The Kier molecular flexibility index (Phi) is 4.72. The zero-order chi connectivity index (χ0) is 16.4. The number of fused-ring (bicyclic) bond motifs is 1. The van der Waals surface area contributed by atoms with Crippen molar-refractivity contribution in [2.45, 2.75) is 38.2 Å². The molecule has 0 N–H and O–H groups in total. The molecular weight excluding hydrogens is 304 g/mol. The number of anilines is 2. The number of amides is 1. The molecule has 1 atom stereocenters. The van der Waals surface area contributed by atoms with Gasteiger partial charge in [0, 0.05) is 37.6 Å². The maximum atomic E-state index is 12.7. The fourth-order valence-corrected chi connectivity index (χ4v) is 3.94. The Labute approximate surface area is 143 Å². The number of rotatable bonds is 3. The van der Waals surface area contributed by atoms with Gasteiger partial charge in [-0.25, -0.2) is 0 Å². The largest absolute Gasteiger partial charge is 0.378 e. The maximum absolute atomic E-state index is 12.7. The summed E-state index contributed by atoms with van der Waals surface area (Å²) in [7, 11) is 0. The first kappa shape index (κ1) is 15.9. The molecule has 5 heteroatoms. The van der Waals surface area contributed by atoms with Crippen LogP contribution in [0, 0.1) is 0 Å². The van der Waals surface area contributed by atoms with Crippen molar-refractivity contribution < 1.29 is 14.3 Å². The molecule has 0 bridgehead atoms. The Morgan fingerprint density at radius 2 is 2.00 bits per heavy atom. The van der Waals surface area contributed by atoms with Crippen molar-refractivity contribution in [2.24, 2.45) is 0 Å². The summed E-state index contributed by atoms with van der Waals surface area (Å²) in [6.07, 6.45) is 4.90. The fraction of sp³-hybridized carbons (Fsp3) is 0.632. The van der Waals surface area contributed by atoms with Gasteiger partial charge in [0.15, 0.2) is 0 Å². The second-order valence-electron chi connectivity index (χ2n) is 6.90. The van der Waals surface area contributed by atoms with Crippen LogP contribution >= 0.6 is 0 Å². The molecule has 3 heterocycles. The Bertz CT molecular complexity index is 592. The van der Waals surface area contributed by atoms with Gasteiger partial charge in [0.1, 0.15) is 0 Å². The van der Waals surface area contributed by atoms with E-state index < -0.39 is 0 Å². The Morgan fingerprint density at radius 3 is 2.79 bits per heavy atom. The number of morpholine rings is 1. The van der Waals surface area contributed by atoms with E-state index >= 15 is 0 Å². The number of nitrogens with zero attached hydrogens (tertiary/aromatic N) is 2. The van der Waals surface area contributed by atoms with E-state index in [-0.39, 0.29) is 12.0 Å². The van der Waals surface area contributed by atoms with Crippen LogP contribution < -0.4 is 9.80 Å². The standard InChI is InChI=1S/C19H26N2O3/c22-19(14-17-3-1-2-10-24-17)21-7-6-15-13-16(4-5-18(15)21)20-8-11-23-12-9-20/h4-5,13,17H,1-3,6-12,14H2. The molecule has 1 amide bonds. The third-order valence-corrected chi connectivity index (χ3v) is 5.31. The van der Waals surface area contributed by atoms with Gasteiger partial charge in [-0.3, -0.25) is 4.79 Å². The highest BCUT2D eigenvalue weighted by Crippen LogP contribution is 2.33. The van der Waals surface area contributed by atoms with Crippen LogP contribution in [0.15, 0.2) is 18.2 Å². The van der Waals surface area contributed by atoms with E-state index in [1.807, 2.05) is 4.90 Å². The van der Waals surface area contributed by atoms with Gasteiger partial charge in [-0.2, -0.15) is 0 Å². The molecule has 1 unspecified atom stereocenters. The molecule has 2 saturated heterocycles. The number of carbonyl (C=O) groups excluding carboxylic acids is 1. The van der Waals surface area contributed by atoms with Crippen LogP contribution in [0.4, 0.5) is 11.4 Å². The minimum absolute atomic E-state index is 0.114. The molecule has 0 radical (unpaired) electrons. The van der Waals surface area contributed by atoms with E-state index in [0.29, 0.717) is 6.42 Å². The van der Waals surface area contributed by atoms with Gasteiger partial charge < -0.3 is 19.3 Å². The highest BCUT2D eigenvalue weighted by atomic mass is 16.5. The Balaban J connectivity index is 1.44.